The van der Waals surface area contributed by atoms with Crippen LogP contribution >= 0.6 is 0 Å². The summed E-state index contributed by atoms with van der Waals surface area (Å²) in [6.45, 7) is 2.03. The molecule has 1 fully saturated rings. The maximum absolute atomic E-state index is 12.1. The van der Waals surface area contributed by atoms with Crippen LogP contribution < -0.4 is 5.32 Å². The summed E-state index contributed by atoms with van der Waals surface area (Å²) < 4.78 is 10.3. The molecule has 22 heavy (non-hydrogen) atoms. The average molecular weight is 305 g/mol. The van der Waals surface area contributed by atoms with Crippen LogP contribution in [0.15, 0.2) is 24.3 Å². The lowest BCUT2D eigenvalue weighted by atomic mass is 10.1. The van der Waals surface area contributed by atoms with Gasteiger partial charge in [-0.2, -0.15) is 0 Å². The summed E-state index contributed by atoms with van der Waals surface area (Å²) in [6.07, 6.45) is 3.51. The summed E-state index contributed by atoms with van der Waals surface area (Å²) in [6, 6.07) is 7.25. The first-order chi connectivity index (χ1) is 10.6. The maximum Gasteiger partial charge on any atom is 0.338 e. The van der Waals surface area contributed by atoms with Gasteiger partial charge in [0.05, 0.1) is 12.2 Å². The van der Waals surface area contributed by atoms with E-state index in [1.807, 2.05) is 6.07 Å². The molecule has 1 aliphatic rings. The number of esters is 1. The molecule has 1 aromatic rings. The third-order valence-corrected chi connectivity index (χ3v) is 3.83. The smallest absolute Gasteiger partial charge is 0.338 e. The van der Waals surface area contributed by atoms with Crippen molar-refractivity contribution in [3.8, 4) is 0 Å². The number of rotatable bonds is 6. The Morgan fingerprint density at radius 1 is 1.32 bits per heavy atom. The van der Waals surface area contributed by atoms with E-state index in [9.17, 15) is 9.59 Å². The van der Waals surface area contributed by atoms with E-state index in [0.717, 1.165) is 31.2 Å². The molecule has 0 aromatic heterocycles. The van der Waals surface area contributed by atoms with Crippen molar-refractivity contribution in [1.29, 1.82) is 0 Å². The van der Waals surface area contributed by atoms with Crippen molar-refractivity contribution in [2.45, 2.75) is 51.4 Å². The molecule has 0 bridgehead atoms. The van der Waals surface area contributed by atoms with E-state index in [1.54, 1.807) is 32.2 Å². The van der Waals surface area contributed by atoms with Crippen molar-refractivity contribution in [3.05, 3.63) is 35.4 Å². The van der Waals surface area contributed by atoms with Crippen LogP contribution in [0, 0.1) is 0 Å². The number of hydrogen-bond donors (Lipinski definition) is 1. The second kappa shape index (κ2) is 7.94. The second-order valence-corrected chi connectivity index (χ2v) is 5.67. The van der Waals surface area contributed by atoms with Gasteiger partial charge in [0, 0.05) is 13.2 Å². The highest BCUT2D eigenvalue weighted by Gasteiger charge is 2.23. The quantitative estimate of drug-likeness (QED) is 0.820. The molecule has 1 unspecified atom stereocenters. The molecule has 0 spiro atoms. The molecular weight excluding hydrogens is 282 g/mol. The summed E-state index contributed by atoms with van der Waals surface area (Å²) in [7, 11) is 1.60. The van der Waals surface area contributed by atoms with Gasteiger partial charge in [0.25, 0.3) is 5.91 Å². The number of benzene rings is 1. The average Bonchev–Trinajstić information content (AvgIpc) is 3.00. The first-order valence-corrected chi connectivity index (χ1v) is 7.69. The number of nitrogens with one attached hydrogen (secondary N) is 1. The van der Waals surface area contributed by atoms with E-state index in [1.165, 1.54) is 0 Å². The molecule has 120 valence electrons. The number of methoxy groups -OCH3 is 1. The Bertz CT molecular complexity index is 523. The van der Waals surface area contributed by atoms with Crippen LogP contribution in [0.2, 0.25) is 0 Å². The maximum atomic E-state index is 12.1. The standard InChI is InChI=1S/C17H23NO4/c1-12(16(19)18-15-8-3-4-9-15)22-17(20)14-7-5-6-13(10-14)11-21-2/h5-7,10,12,15H,3-4,8-9,11H2,1-2H3,(H,18,19). The van der Waals surface area contributed by atoms with Gasteiger partial charge in [-0.15, -0.1) is 0 Å². The molecule has 0 aliphatic heterocycles. The Kier molecular flexibility index (Phi) is 5.95. The minimum Gasteiger partial charge on any atom is -0.449 e. The van der Waals surface area contributed by atoms with Crippen LogP contribution in [0.3, 0.4) is 0 Å². The molecule has 1 saturated carbocycles. The number of carbonyl (C=O) groups excluding carboxylic acids is 2. The normalized spacial score (nSPS) is 16.3. The van der Waals surface area contributed by atoms with Crippen molar-refractivity contribution >= 4 is 11.9 Å². The first kappa shape index (κ1) is 16.5. The molecule has 1 N–H and O–H groups in total. The lowest BCUT2D eigenvalue weighted by Crippen LogP contribution is -2.40. The lowest BCUT2D eigenvalue weighted by Gasteiger charge is -2.17. The van der Waals surface area contributed by atoms with Crippen molar-refractivity contribution < 1.29 is 19.1 Å². The third-order valence-electron chi connectivity index (χ3n) is 3.83. The van der Waals surface area contributed by atoms with E-state index in [4.69, 9.17) is 9.47 Å². The monoisotopic (exact) mass is 305 g/mol. The summed E-state index contributed by atoms with van der Waals surface area (Å²) in [4.78, 5) is 24.1. The third kappa shape index (κ3) is 4.56. The molecule has 1 aliphatic carbocycles. The lowest BCUT2D eigenvalue weighted by molar-refractivity contribution is -0.129. The Morgan fingerprint density at radius 2 is 2.05 bits per heavy atom. The highest BCUT2D eigenvalue weighted by atomic mass is 16.5. The van der Waals surface area contributed by atoms with Gasteiger partial charge in [-0.25, -0.2) is 4.79 Å². The van der Waals surface area contributed by atoms with Crippen LogP contribution in [0.4, 0.5) is 0 Å². The van der Waals surface area contributed by atoms with Gasteiger partial charge in [-0.05, 0) is 37.5 Å². The van der Waals surface area contributed by atoms with E-state index < -0.39 is 12.1 Å². The minimum atomic E-state index is -0.792. The molecule has 1 aromatic carbocycles. The van der Waals surface area contributed by atoms with Crippen molar-refractivity contribution in [1.82, 2.24) is 5.32 Å². The zero-order chi connectivity index (χ0) is 15.9. The van der Waals surface area contributed by atoms with Crippen molar-refractivity contribution in [2.24, 2.45) is 0 Å². The molecule has 0 saturated heterocycles. The van der Waals surface area contributed by atoms with Gasteiger partial charge >= 0.3 is 5.97 Å². The highest BCUT2D eigenvalue weighted by Crippen LogP contribution is 2.18. The van der Waals surface area contributed by atoms with E-state index in [0.29, 0.717) is 12.2 Å². The van der Waals surface area contributed by atoms with Crippen LogP contribution in [0.25, 0.3) is 0 Å². The molecule has 2 rings (SSSR count). The van der Waals surface area contributed by atoms with Crippen molar-refractivity contribution in [3.63, 3.8) is 0 Å². The van der Waals surface area contributed by atoms with E-state index in [2.05, 4.69) is 5.32 Å². The number of amides is 1. The van der Waals surface area contributed by atoms with Crippen molar-refractivity contribution in [2.75, 3.05) is 7.11 Å². The highest BCUT2D eigenvalue weighted by molar-refractivity contribution is 5.92. The predicted octanol–water partition coefficient (Wildman–Crippen LogP) is 2.44. The number of ether oxygens (including phenoxy) is 2. The van der Waals surface area contributed by atoms with Gasteiger partial charge < -0.3 is 14.8 Å². The Balaban J connectivity index is 1.89. The van der Waals surface area contributed by atoms with Crippen LogP contribution in [0.5, 0.6) is 0 Å². The SMILES string of the molecule is COCc1cccc(C(=O)OC(C)C(=O)NC2CCCC2)c1. The number of carbonyl (C=O) groups is 2. The molecule has 0 heterocycles. The zero-order valence-electron chi connectivity index (χ0n) is 13.1. The minimum absolute atomic E-state index is 0.221. The summed E-state index contributed by atoms with van der Waals surface area (Å²) in [5.74, 6) is -0.722. The van der Waals surface area contributed by atoms with Gasteiger partial charge in [0.1, 0.15) is 0 Å². The molecular formula is C17H23NO4. The summed E-state index contributed by atoms with van der Waals surface area (Å²) in [5, 5.41) is 2.93. The van der Waals surface area contributed by atoms with E-state index >= 15 is 0 Å². The Labute approximate surface area is 131 Å². The van der Waals surface area contributed by atoms with Gasteiger partial charge in [-0.3, -0.25) is 4.79 Å². The van der Waals surface area contributed by atoms with E-state index in [-0.39, 0.29) is 11.9 Å². The summed E-state index contributed by atoms with van der Waals surface area (Å²) in [5.41, 5.74) is 1.31. The fraction of sp³-hybridized carbons (Fsp3) is 0.529. The molecule has 5 nitrogen and oxygen atoms in total. The van der Waals surface area contributed by atoms with Gasteiger partial charge in [0.15, 0.2) is 6.10 Å². The first-order valence-electron chi connectivity index (χ1n) is 7.69. The van der Waals surface area contributed by atoms with Gasteiger partial charge in [0.2, 0.25) is 0 Å². The van der Waals surface area contributed by atoms with Gasteiger partial charge in [-0.1, -0.05) is 25.0 Å². The topological polar surface area (TPSA) is 64.6 Å². The molecule has 1 amide bonds. The van der Waals surface area contributed by atoms with Crippen LogP contribution in [-0.2, 0) is 20.9 Å². The van der Waals surface area contributed by atoms with Crippen LogP contribution in [0.1, 0.15) is 48.5 Å². The summed E-state index contributed by atoms with van der Waals surface area (Å²) >= 11 is 0. The largest absolute Gasteiger partial charge is 0.449 e. The fourth-order valence-electron chi connectivity index (χ4n) is 2.63. The van der Waals surface area contributed by atoms with Crippen LogP contribution in [-0.4, -0.2) is 31.1 Å². The zero-order valence-corrected chi connectivity index (χ0v) is 13.1. The Morgan fingerprint density at radius 3 is 2.73 bits per heavy atom. The Hall–Kier alpha value is -1.88. The number of hydrogen-bond acceptors (Lipinski definition) is 4. The molecule has 0 radical (unpaired) electrons. The molecule has 1 atom stereocenters. The second-order valence-electron chi connectivity index (χ2n) is 5.67. The molecule has 5 heteroatoms. The fourth-order valence-corrected chi connectivity index (χ4v) is 2.63. The predicted molar refractivity (Wildman–Crippen MR) is 82.4 cm³/mol.